The highest BCUT2D eigenvalue weighted by molar-refractivity contribution is 6.46. The lowest BCUT2D eigenvalue weighted by molar-refractivity contribution is -0.140. The van der Waals surface area contributed by atoms with Gasteiger partial charge in [0.1, 0.15) is 11.5 Å². The van der Waals surface area contributed by atoms with Gasteiger partial charge in [-0.3, -0.25) is 14.6 Å². The van der Waals surface area contributed by atoms with Gasteiger partial charge in [-0.1, -0.05) is 30.7 Å². The Hall–Kier alpha value is -3.64. The van der Waals surface area contributed by atoms with Crippen LogP contribution in [0.25, 0.3) is 5.76 Å². The molecule has 4 rings (SSSR count). The van der Waals surface area contributed by atoms with Gasteiger partial charge in [0.2, 0.25) is 0 Å². The number of benzene rings is 2. The summed E-state index contributed by atoms with van der Waals surface area (Å²) in [6.07, 6.45) is 4.11. The standard InChI is InChI=1S/C26H23ClN2O4/c1-2-14-33-21-5-3-4-19(15-21)23-22(24(30)18-6-8-20(27)9-7-18)25(31)26(32)29(23)16-17-10-12-28-13-11-17/h3-13,15,23,30H,2,14,16H2,1H3/b24-22+. The zero-order valence-corrected chi connectivity index (χ0v) is 18.8. The highest BCUT2D eigenvalue weighted by atomic mass is 35.5. The maximum atomic E-state index is 13.1. The summed E-state index contributed by atoms with van der Waals surface area (Å²) in [5, 5.41) is 11.6. The molecule has 1 aliphatic heterocycles. The van der Waals surface area contributed by atoms with Crippen LogP contribution < -0.4 is 4.74 Å². The summed E-state index contributed by atoms with van der Waals surface area (Å²) >= 11 is 5.98. The van der Waals surface area contributed by atoms with Crippen molar-refractivity contribution < 1.29 is 19.4 Å². The first kappa shape index (κ1) is 22.6. The summed E-state index contributed by atoms with van der Waals surface area (Å²) < 4.78 is 5.77. The zero-order chi connectivity index (χ0) is 23.4. The molecule has 1 unspecified atom stereocenters. The van der Waals surface area contributed by atoms with E-state index >= 15 is 0 Å². The molecule has 1 atom stereocenters. The van der Waals surface area contributed by atoms with Crippen molar-refractivity contribution in [2.75, 3.05) is 6.61 Å². The number of rotatable bonds is 7. The largest absolute Gasteiger partial charge is 0.507 e. The van der Waals surface area contributed by atoms with Crippen LogP contribution >= 0.6 is 11.6 Å². The van der Waals surface area contributed by atoms with Crippen LogP contribution in [0.2, 0.25) is 5.02 Å². The predicted molar refractivity (Wildman–Crippen MR) is 126 cm³/mol. The number of Topliss-reactive ketones (excluding diaryl/α,β-unsaturated/α-hetero) is 1. The summed E-state index contributed by atoms with van der Waals surface area (Å²) in [5.74, 6) is -1.02. The molecule has 1 N–H and O–H groups in total. The van der Waals surface area contributed by atoms with Crippen molar-refractivity contribution in [3.63, 3.8) is 0 Å². The molecule has 3 aromatic rings. The molecule has 1 amide bonds. The van der Waals surface area contributed by atoms with E-state index in [4.69, 9.17) is 16.3 Å². The summed E-state index contributed by atoms with van der Waals surface area (Å²) in [6.45, 7) is 2.75. The fraction of sp³-hybridized carbons (Fsp3) is 0.192. The Labute approximate surface area is 197 Å². The smallest absolute Gasteiger partial charge is 0.295 e. The van der Waals surface area contributed by atoms with Crippen LogP contribution in [-0.4, -0.2) is 33.3 Å². The molecule has 6 nitrogen and oxygen atoms in total. The number of nitrogens with zero attached hydrogens (tertiary/aromatic N) is 2. The molecular formula is C26H23ClN2O4. The van der Waals surface area contributed by atoms with Crippen molar-refractivity contribution in [2.45, 2.75) is 25.9 Å². The van der Waals surface area contributed by atoms with E-state index in [9.17, 15) is 14.7 Å². The van der Waals surface area contributed by atoms with Crippen LogP contribution in [0.3, 0.4) is 0 Å². The van der Waals surface area contributed by atoms with E-state index in [2.05, 4.69) is 4.98 Å². The molecule has 0 aliphatic carbocycles. The average Bonchev–Trinajstić information content (AvgIpc) is 3.08. The lowest BCUT2D eigenvalue weighted by Gasteiger charge is -2.25. The number of carbonyl (C=O) groups excluding carboxylic acids is 2. The average molecular weight is 463 g/mol. The lowest BCUT2D eigenvalue weighted by Crippen LogP contribution is -2.29. The van der Waals surface area contributed by atoms with Gasteiger partial charge in [-0.15, -0.1) is 0 Å². The van der Waals surface area contributed by atoms with Crippen LogP contribution in [-0.2, 0) is 16.1 Å². The van der Waals surface area contributed by atoms with Gasteiger partial charge in [0, 0.05) is 29.5 Å². The van der Waals surface area contributed by atoms with Crippen molar-refractivity contribution in [2.24, 2.45) is 0 Å². The third kappa shape index (κ3) is 4.76. The number of hydrogen-bond acceptors (Lipinski definition) is 5. The zero-order valence-electron chi connectivity index (χ0n) is 18.1. The Balaban J connectivity index is 1.84. The number of ether oxygens (including phenoxy) is 1. The van der Waals surface area contributed by atoms with Crippen LogP contribution in [0, 0.1) is 0 Å². The van der Waals surface area contributed by atoms with Gasteiger partial charge < -0.3 is 14.7 Å². The first-order chi connectivity index (χ1) is 16.0. The molecule has 33 heavy (non-hydrogen) atoms. The Kier molecular flexibility index (Phi) is 6.75. The van der Waals surface area contributed by atoms with Gasteiger partial charge in [-0.25, -0.2) is 0 Å². The molecule has 0 saturated carbocycles. The second-order valence-electron chi connectivity index (χ2n) is 7.71. The summed E-state index contributed by atoms with van der Waals surface area (Å²) in [5.41, 5.74) is 1.93. The normalized spacial score (nSPS) is 17.4. The number of pyridine rings is 1. The molecule has 2 aromatic carbocycles. The molecule has 1 fully saturated rings. The molecule has 1 aliphatic rings. The van der Waals surface area contributed by atoms with Crippen LogP contribution in [0.15, 0.2) is 78.6 Å². The highest BCUT2D eigenvalue weighted by Gasteiger charge is 2.46. The number of carbonyl (C=O) groups is 2. The highest BCUT2D eigenvalue weighted by Crippen LogP contribution is 2.41. The Bertz CT molecular complexity index is 1190. The van der Waals surface area contributed by atoms with E-state index in [1.54, 1.807) is 54.9 Å². The molecule has 1 saturated heterocycles. The lowest BCUT2D eigenvalue weighted by atomic mass is 9.95. The first-order valence-electron chi connectivity index (χ1n) is 10.7. The Morgan fingerprint density at radius 2 is 1.82 bits per heavy atom. The van der Waals surface area contributed by atoms with Gasteiger partial charge in [0.05, 0.1) is 18.2 Å². The van der Waals surface area contributed by atoms with Crippen molar-refractivity contribution in [3.8, 4) is 5.75 Å². The van der Waals surface area contributed by atoms with Gasteiger partial charge in [-0.05, 0) is 66.1 Å². The van der Waals surface area contributed by atoms with E-state index in [1.165, 1.54) is 4.90 Å². The minimum Gasteiger partial charge on any atom is -0.507 e. The summed E-state index contributed by atoms with van der Waals surface area (Å²) in [7, 11) is 0. The van der Waals surface area contributed by atoms with E-state index < -0.39 is 17.7 Å². The maximum absolute atomic E-state index is 13.1. The van der Waals surface area contributed by atoms with Crippen molar-refractivity contribution in [1.82, 2.24) is 9.88 Å². The quantitative estimate of drug-likeness (QED) is 0.298. The molecule has 0 bridgehead atoms. The second-order valence-corrected chi connectivity index (χ2v) is 8.15. The van der Waals surface area contributed by atoms with Crippen LogP contribution in [0.5, 0.6) is 5.75 Å². The third-order valence-electron chi connectivity index (χ3n) is 5.41. The summed E-state index contributed by atoms with van der Waals surface area (Å²) in [6, 6.07) is 16.5. The molecule has 0 spiro atoms. The molecule has 7 heteroatoms. The van der Waals surface area contributed by atoms with Gasteiger partial charge >= 0.3 is 0 Å². The topological polar surface area (TPSA) is 79.7 Å². The number of hydrogen-bond donors (Lipinski definition) is 1. The fourth-order valence-electron chi connectivity index (χ4n) is 3.83. The number of aliphatic hydroxyl groups excluding tert-OH is 1. The first-order valence-corrected chi connectivity index (χ1v) is 11.0. The van der Waals surface area contributed by atoms with E-state index in [0.29, 0.717) is 28.5 Å². The minimum atomic E-state index is -0.779. The van der Waals surface area contributed by atoms with E-state index in [-0.39, 0.29) is 17.9 Å². The SMILES string of the molecule is CCCOc1cccc(C2/C(=C(\O)c3ccc(Cl)cc3)C(=O)C(=O)N2Cc2ccncc2)c1. The van der Waals surface area contributed by atoms with E-state index in [1.807, 2.05) is 25.1 Å². The Morgan fingerprint density at radius 1 is 1.09 bits per heavy atom. The van der Waals surface area contributed by atoms with Crippen molar-refractivity contribution in [3.05, 3.63) is 100 Å². The molecular weight excluding hydrogens is 440 g/mol. The van der Waals surface area contributed by atoms with E-state index in [0.717, 1.165) is 12.0 Å². The van der Waals surface area contributed by atoms with Crippen LogP contribution in [0.1, 0.15) is 36.1 Å². The van der Waals surface area contributed by atoms with Gasteiger partial charge in [-0.2, -0.15) is 0 Å². The Morgan fingerprint density at radius 3 is 2.52 bits per heavy atom. The number of likely N-dealkylation sites (tertiary alicyclic amines) is 1. The third-order valence-corrected chi connectivity index (χ3v) is 5.66. The molecule has 0 radical (unpaired) electrons. The fourth-order valence-corrected chi connectivity index (χ4v) is 3.96. The number of ketones is 1. The number of halogens is 1. The van der Waals surface area contributed by atoms with Crippen molar-refractivity contribution in [1.29, 1.82) is 0 Å². The minimum absolute atomic E-state index is 0.0315. The molecule has 2 heterocycles. The number of amides is 1. The maximum Gasteiger partial charge on any atom is 0.295 e. The van der Waals surface area contributed by atoms with Gasteiger partial charge in [0.15, 0.2) is 0 Å². The monoisotopic (exact) mass is 462 g/mol. The molecule has 168 valence electrons. The van der Waals surface area contributed by atoms with Crippen molar-refractivity contribution >= 4 is 29.1 Å². The number of aromatic nitrogens is 1. The van der Waals surface area contributed by atoms with Gasteiger partial charge in [0.25, 0.3) is 11.7 Å². The molecule has 1 aromatic heterocycles. The predicted octanol–water partition coefficient (Wildman–Crippen LogP) is 5.15. The second kappa shape index (κ2) is 9.88. The summed E-state index contributed by atoms with van der Waals surface area (Å²) in [4.78, 5) is 31.7. The number of aliphatic hydroxyl groups is 1. The van der Waals surface area contributed by atoms with Crippen LogP contribution in [0.4, 0.5) is 0 Å².